The molecule has 1 N–H and O–H groups in total. The number of nitrogens with zero attached hydrogens (tertiary/aromatic N) is 1. The molecule has 2 aromatic carbocycles. The van der Waals surface area contributed by atoms with Gasteiger partial charge >= 0.3 is 0 Å². The fourth-order valence-electron chi connectivity index (χ4n) is 4.68. The Kier molecular flexibility index (Phi) is 8.01. The second-order valence-electron chi connectivity index (χ2n) is 9.31. The molecule has 0 saturated carbocycles. The summed E-state index contributed by atoms with van der Waals surface area (Å²) in [5.41, 5.74) is -0.0708. The first-order valence-corrected chi connectivity index (χ1v) is 12.2. The molecular weight excluding hydrogens is 470 g/mol. The number of hydrogen-bond donors (Lipinski definition) is 1. The number of nitrogens with one attached hydrogen (secondary N) is 1. The number of halogens is 2. The lowest BCUT2D eigenvalue weighted by atomic mass is 9.95. The van der Waals surface area contributed by atoms with Crippen molar-refractivity contribution >= 4 is 17.4 Å². The van der Waals surface area contributed by atoms with Crippen LogP contribution in [0.3, 0.4) is 0 Å². The van der Waals surface area contributed by atoms with Crippen LogP contribution in [-0.2, 0) is 14.3 Å². The molecule has 0 aromatic heterocycles. The van der Waals surface area contributed by atoms with Crippen LogP contribution in [0.5, 0.6) is 5.75 Å². The normalized spacial score (nSPS) is 20.4. The van der Waals surface area contributed by atoms with Crippen molar-refractivity contribution in [1.29, 1.82) is 0 Å². The van der Waals surface area contributed by atoms with E-state index in [9.17, 15) is 23.5 Å². The van der Waals surface area contributed by atoms with Crippen molar-refractivity contribution < 1.29 is 37.9 Å². The lowest BCUT2D eigenvalue weighted by Crippen LogP contribution is -3.14. The van der Waals surface area contributed by atoms with Gasteiger partial charge in [0.05, 0.1) is 31.9 Å². The second-order valence-corrected chi connectivity index (χ2v) is 9.31. The van der Waals surface area contributed by atoms with Gasteiger partial charge in [-0.25, -0.2) is 8.78 Å². The van der Waals surface area contributed by atoms with Gasteiger partial charge in [-0.2, -0.15) is 0 Å². The van der Waals surface area contributed by atoms with Crippen LogP contribution in [-0.4, -0.2) is 62.1 Å². The van der Waals surface area contributed by atoms with Gasteiger partial charge in [-0.1, -0.05) is 24.0 Å². The zero-order chi connectivity index (χ0) is 25.8. The maximum atomic E-state index is 14.6. The van der Waals surface area contributed by atoms with E-state index in [0.29, 0.717) is 25.2 Å². The van der Waals surface area contributed by atoms with Gasteiger partial charge in [0.1, 0.15) is 18.9 Å². The van der Waals surface area contributed by atoms with Crippen LogP contribution >= 0.6 is 0 Å². The number of morpholine rings is 1. The van der Waals surface area contributed by atoms with Crippen molar-refractivity contribution in [2.45, 2.75) is 32.4 Å². The highest BCUT2D eigenvalue weighted by atomic mass is 19.1. The maximum Gasteiger partial charge on any atom is 0.295 e. The molecule has 192 valence electrons. The van der Waals surface area contributed by atoms with Crippen LogP contribution in [0.1, 0.15) is 37.4 Å². The lowest BCUT2D eigenvalue weighted by Gasteiger charge is -2.29. The molecule has 9 heteroatoms. The first-order chi connectivity index (χ1) is 17.3. The number of Topliss-reactive ketones (excluding diaryl/α,β-unsaturated/α-hetero) is 1. The summed E-state index contributed by atoms with van der Waals surface area (Å²) < 4.78 is 39.5. The fourth-order valence-corrected chi connectivity index (χ4v) is 4.68. The molecule has 2 fully saturated rings. The van der Waals surface area contributed by atoms with E-state index in [-0.39, 0.29) is 29.5 Å². The molecule has 1 unspecified atom stereocenters. The highest BCUT2D eigenvalue weighted by Crippen LogP contribution is 2.39. The van der Waals surface area contributed by atoms with Crippen molar-refractivity contribution in [3.8, 4) is 5.75 Å². The molecule has 0 spiro atoms. The largest absolute Gasteiger partial charge is 0.872 e. The van der Waals surface area contributed by atoms with E-state index >= 15 is 0 Å². The van der Waals surface area contributed by atoms with Crippen molar-refractivity contribution in [3.05, 3.63) is 70.8 Å². The highest BCUT2D eigenvalue weighted by Gasteiger charge is 2.44. The number of hydrogen-bond acceptors (Lipinski definition) is 5. The number of carbonyl (C=O) groups is 2. The molecule has 2 aromatic rings. The van der Waals surface area contributed by atoms with E-state index in [4.69, 9.17) is 9.47 Å². The quantitative estimate of drug-likeness (QED) is 0.336. The standard InChI is InChI=1S/C27H30F2N2O5/c1-17(2)36-22-8-7-19(16-21(22)29)25(32)23-24(18-5-3-6-20(28)15-18)31(27(34)26(23)33)10-4-9-30-11-13-35-14-12-30/h3,5-8,15-17,24,32H,4,9-14H2,1-2H3. The topological polar surface area (TPSA) is 83.3 Å². The zero-order valence-corrected chi connectivity index (χ0v) is 20.4. The summed E-state index contributed by atoms with van der Waals surface area (Å²) in [5.74, 6) is -3.85. The number of rotatable bonds is 8. The number of amides is 1. The van der Waals surface area contributed by atoms with Crippen LogP contribution in [0.4, 0.5) is 8.78 Å². The van der Waals surface area contributed by atoms with Gasteiger partial charge in [0.2, 0.25) is 5.78 Å². The van der Waals surface area contributed by atoms with Gasteiger partial charge in [-0.3, -0.25) is 9.59 Å². The average Bonchev–Trinajstić information content (AvgIpc) is 3.10. The lowest BCUT2D eigenvalue weighted by molar-refractivity contribution is -0.908. The van der Waals surface area contributed by atoms with Crippen LogP contribution in [0.15, 0.2) is 48.0 Å². The minimum Gasteiger partial charge on any atom is -0.872 e. The van der Waals surface area contributed by atoms with Crippen LogP contribution in [0.2, 0.25) is 0 Å². The van der Waals surface area contributed by atoms with E-state index in [0.717, 1.165) is 25.7 Å². The summed E-state index contributed by atoms with van der Waals surface area (Å²) in [5, 5.41) is 13.5. The summed E-state index contributed by atoms with van der Waals surface area (Å²) in [7, 11) is 0. The number of benzene rings is 2. The van der Waals surface area contributed by atoms with E-state index in [1.165, 1.54) is 40.1 Å². The molecule has 2 heterocycles. The van der Waals surface area contributed by atoms with Gasteiger partial charge in [-0.15, -0.1) is 0 Å². The summed E-state index contributed by atoms with van der Waals surface area (Å²) in [6.07, 6.45) is 0.326. The number of likely N-dealkylation sites (tertiary alicyclic amines) is 1. The Bertz CT molecular complexity index is 1160. The van der Waals surface area contributed by atoms with Gasteiger partial charge in [0.15, 0.2) is 11.6 Å². The van der Waals surface area contributed by atoms with Crippen molar-refractivity contribution in [2.24, 2.45) is 0 Å². The predicted octanol–water partition coefficient (Wildman–Crippen LogP) is 1.28. The van der Waals surface area contributed by atoms with Crippen molar-refractivity contribution in [1.82, 2.24) is 4.90 Å². The average molecular weight is 501 g/mol. The molecule has 1 atom stereocenters. The van der Waals surface area contributed by atoms with Gasteiger partial charge in [-0.05, 0) is 49.2 Å². The minimum absolute atomic E-state index is 0.0192. The number of quaternary nitrogens is 1. The summed E-state index contributed by atoms with van der Waals surface area (Å²) >= 11 is 0. The maximum absolute atomic E-state index is 14.6. The molecule has 2 aliphatic heterocycles. The summed E-state index contributed by atoms with van der Waals surface area (Å²) in [6.45, 7) is 7.55. The van der Waals surface area contributed by atoms with Crippen molar-refractivity contribution in [2.75, 3.05) is 39.4 Å². The highest BCUT2D eigenvalue weighted by molar-refractivity contribution is 6.46. The molecule has 36 heavy (non-hydrogen) atoms. The molecule has 0 radical (unpaired) electrons. The Morgan fingerprint density at radius 2 is 1.92 bits per heavy atom. The van der Waals surface area contributed by atoms with Crippen LogP contribution in [0.25, 0.3) is 5.76 Å². The first kappa shape index (κ1) is 25.8. The van der Waals surface area contributed by atoms with Crippen molar-refractivity contribution in [3.63, 3.8) is 0 Å². The third kappa shape index (κ3) is 5.57. The minimum atomic E-state index is -1.05. The Morgan fingerprint density at radius 1 is 1.17 bits per heavy atom. The molecule has 7 nitrogen and oxygen atoms in total. The number of ether oxygens (including phenoxy) is 2. The third-order valence-corrected chi connectivity index (χ3v) is 6.38. The Balaban J connectivity index is 1.68. The number of ketones is 1. The van der Waals surface area contributed by atoms with Crippen LogP contribution < -0.4 is 14.7 Å². The van der Waals surface area contributed by atoms with E-state index in [1.807, 2.05) is 0 Å². The van der Waals surface area contributed by atoms with Gasteiger partial charge < -0.3 is 24.4 Å². The second kappa shape index (κ2) is 11.2. The zero-order valence-electron chi connectivity index (χ0n) is 20.4. The first-order valence-electron chi connectivity index (χ1n) is 12.2. The molecule has 2 saturated heterocycles. The molecular formula is C27H30F2N2O5. The Labute approximate surface area is 208 Å². The molecule has 0 aliphatic carbocycles. The summed E-state index contributed by atoms with van der Waals surface area (Å²) in [6, 6.07) is 8.13. The molecule has 0 bridgehead atoms. The van der Waals surface area contributed by atoms with E-state index in [1.54, 1.807) is 19.9 Å². The van der Waals surface area contributed by atoms with Gasteiger partial charge in [0, 0.05) is 18.5 Å². The fraction of sp³-hybridized carbons (Fsp3) is 0.407. The Hall–Kier alpha value is -3.30. The third-order valence-electron chi connectivity index (χ3n) is 6.38. The predicted molar refractivity (Wildman–Crippen MR) is 126 cm³/mol. The molecule has 4 rings (SSSR count). The number of carbonyl (C=O) groups excluding carboxylic acids is 2. The van der Waals surface area contributed by atoms with E-state index < -0.39 is 35.1 Å². The molecule has 1 amide bonds. The summed E-state index contributed by atoms with van der Waals surface area (Å²) in [4.78, 5) is 28.8. The van der Waals surface area contributed by atoms with Gasteiger partial charge in [0.25, 0.3) is 5.91 Å². The van der Waals surface area contributed by atoms with Crippen LogP contribution in [0, 0.1) is 11.6 Å². The monoisotopic (exact) mass is 500 g/mol. The molecule has 2 aliphatic rings. The smallest absolute Gasteiger partial charge is 0.295 e. The van der Waals surface area contributed by atoms with E-state index in [2.05, 4.69) is 0 Å². The SMILES string of the molecule is CC(C)Oc1ccc(C([O-])=C2C(=O)C(=O)N(CCC[NH+]3CCOCC3)C2c2cccc(F)c2)cc1F. The Morgan fingerprint density at radius 3 is 2.58 bits per heavy atom.